The molecule has 4 nitrogen and oxygen atoms in total. The number of nitrogens with two attached hydrogens (primary N) is 1. The van der Waals surface area contributed by atoms with Crippen LogP contribution in [0.1, 0.15) is 54.4 Å². The molecule has 2 bridgehead atoms. The maximum absolute atomic E-state index is 11.6. The third kappa shape index (κ3) is 2.39. The van der Waals surface area contributed by atoms with Crippen LogP contribution in [0.3, 0.4) is 0 Å². The molecule has 4 heteroatoms. The van der Waals surface area contributed by atoms with Crippen LogP contribution < -0.4 is 5.73 Å². The van der Waals surface area contributed by atoms with Crippen LogP contribution in [0, 0.1) is 11.8 Å². The van der Waals surface area contributed by atoms with Crippen molar-refractivity contribution in [1.82, 2.24) is 4.90 Å². The van der Waals surface area contributed by atoms with Crippen molar-refractivity contribution >= 4 is 5.91 Å². The number of carbonyl (C=O) groups is 1. The van der Waals surface area contributed by atoms with E-state index >= 15 is 0 Å². The monoisotopic (exact) mass is 328 g/mol. The number of hydrogen-bond donors (Lipinski definition) is 1. The highest BCUT2D eigenvalue weighted by Gasteiger charge is 2.54. The number of primary amides is 1. The highest BCUT2D eigenvalue weighted by atomic mass is 16.5. The van der Waals surface area contributed by atoms with Crippen molar-refractivity contribution in [3.05, 3.63) is 35.4 Å². The Kier molecular flexibility index (Phi) is 4.13. The first-order chi connectivity index (χ1) is 11.6. The van der Waals surface area contributed by atoms with Crippen LogP contribution in [0.5, 0.6) is 0 Å². The molecule has 3 atom stereocenters. The van der Waals surface area contributed by atoms with Crippen molar-refractivity contribution in [3.63, 3.8) is 0 Å². The summed E-state index contributed by atoms with van der Waals surface area (Å²) >= 11 is 0. The lowest BCUT2D eigenvalue weighted by Gasteiger charge is -2.57. The highest BCUT2D eigenvalue weighted by molar-refractivity contribution is 5.92. The topological polar surface area (TPSA) is 55.6 Å². The van der Waals surface area contributed by atoms with E-state index in [1.165, 1.54) is 38.5 Å². The van der Waals surface area contributed by atoms with Gasteiger partial charge in [-0.2, -0.15) is 0 Å². The zero-order chi connectivity index (χ0) is 16.7. The van der Waals surface area contributed by atoms with Crippen molar-refractivity contribution < 1.29 is 9.53 Å². The van der Waals surface area contributed by atoms with Crippen LogP contribution in [-0.2, 0) is 10.3 Å². The van der Waals surface area contributed by atoms with Gasteiger partial charge in [-0.1, -0.05) is 25.0 Å². The normalized spacial score (nSPS) is 33.9. The molecule has 24 heavy (non-hydrogen) atoms. The number of amides is 1. The van der Waals surface area contributed by atoms with Gasteiger partial charge in [0.25, 0.3) is 0 Å². The average molecular weight is 328 g/mol. The predicted molar refractivity (Wildman–Crippen MR) is 93.7 cm³/mol. The van der Waals surface area contributed by atoms with E-state index in [-0.39, 0.29) is 11.5 Å². The number of benzene rings is 1. The lowest BCUT2D eigenvalue weighted by Crippen LogP contribution is -2.61. The number of rotatable bonds is 4. The molecule has 1 aliphatic heterocycles. The Balaban J connectivity index is 1.70. The van der Waals surface area contributed by atoms with Crippen molar-refractivity contribution in [2.75, 3.05) is 20.2 Å². The van der Waals surface area contributed by atoms with E-state index in [2.05, 4.69) is 11.0 Å². The number of carbonyl (C=O) groups excluding carboxylic acids is 1. The van der Waals surface area contributed by atoms with E-state index in [1.54, 1.807) is 6.07 Å². The van der Waals surface area contributed by atoms with Crippen LogP contribution in [0.15, 0.2) is 24.3 Å². The fourth-order valence-electron chi connectivity index (χ4n) is 5.36. The number of nitrogens with zero attached hydrogens (tertiary/aromatic N) is 1. The van der Waals surface area contributed by atoms with Crippen LogP contribution in [0.2, 0.25) is 0 Å². The molecule has 0 spiro atoms. The largest absolute Gasteiger partial charge is 0.373 e. The molecule has 130 valence electrons. The van der Waals surface area contributed by atoms with Crippen LogP contribution >= 0.6 is 0 Å². The van der Waals surface area contributed by atoms with Crippen molar-refractivity contribution in [2.45, 2.75) is 50.2 Å². The Morgan fingerprint density at radius 3 is 2.38 bits per heavy atom. The first-order valence-electron chi connectivity index (χ1n) is 9.34. The van der Waals surface area contributed by atoms with Crippen LogP contribution in [0.25, 0.3) is 0 Å². The molecule has 3 aliphatic rings. The summed E-state index contributed by atoms with van der Waals surface area (Å²) in [5, 5.41) is 0. The Bertz CT molecular complexity index is 612. The zero-order valence-corrected chi connectivity index (χ0v) is 14.5. The van der Waals surface area contributed by atoms with Gasteiger partial charge in [0.2, 0.25) is 5.91 Å². The van der Waals surface area contributed by atoms with Gasteiger partial charge in [0.05, 0.1) is 0 Å². The number of ether oxygens (including phenoxy) is 1. The fraction of sp³-hybridized carbons (Fsp3) is 0.650. The zero-order valence-electron chi connectivity index (χ0n) is 14.5. The third-order valence-corrected chi connectivity index (χ3v) is 6.76. The van der Waals surface area contributed by atoms with E-state index < -0.39 is 0 Å². The standard InChI is InChI=1S/C20H28N2O2/c1-24-20(15-6-2-5-14(11-15)19(21)23)16-7-3-8-17(20)13-22(12-16)18-9-4-10-18/h2,5-6,11,16-18H,3-4,7-10,12-13H2,1H3,(H2,21,23)/t16-,17+,20-. The summed E-state index contributed by atoms with van der Waals surface area (Å²) < 4.78 is 6.27. The molecule has 2 saturated carbocycles. The molecule has 2 aliphatic carbocycles. The summed E-state index contributed by atoms with van der Waals surface area (Å²) in [6, 6.07) is 8.63. The van der Waals surface area contributed by atoms with Gasteiger partial charge < -0.3 is 10.5 Å². The molecule has 0 aromatic heterocycles. The van der Waals surface area contributed by atoms with Gasteiger partial charge in [0.1, 0.15) is 5.60 Å². The van der Waals surface area contributed by atoms with E-state index in [0.717, 1.165) is 24.7 Å². The van der Waals surface area contributed by atoms with Gasteiger partial charge in [0.15, 0.2) is 0 Å². The van der Waals surface area contributed by atoms with Crippen molar-refractivity contribution in [3.8, 4) is 0 Å². The quantitative estimate of drug-likeness (QED) is 0.924. The molecule has 1 saturated heterocycles. The summed E-state index contributed by atoms with van der Waals surface area (Å²) in [4.78, 5) is 14.4. The summed E-state index contributed by atoms with van der Waals surface area (Å²) in [5.74, 6) is 0.637. The summed E-state index contributed by atoms with van der Waals surface area (Å²) in [6.45, 7) is 2.24. The van der Waals surface area contributed by atoms with Crippen molar-refractivity contribution in [1.29, 1.82) is 0 Å². The molecule has 1 aromatic rings. The Hall–Kier alpha value is -1.39. The molecule has 3 fully saturated rings. The first kappa shape index (κ1) is 16.1. The fourth-order valence-corrected chi connectivity index (χ4v) is 5.36. The van der Waals surface area contributed by atoms with Gasteiger partial charge >= 0.3 is 0 Å². The summed E-state index contributed by atoms with van der Waals surface area (Å²) in [6.07, 6.45) is 7.79. The van der Waals surface area contributed by atoms with Crippen molar-refractivity contribution in [2.24, 2.45) is 17.6 Å². The lowest BCUT2D eigenvalue weighted by atomic mass is 9.61. The minimum Gasteiger partial charge on any atom is -0.373 e. The SMILES string of the molecule is CO[C@]1(c2cccc(C(N)=O)c2)[C@@H]2CCC[C@H]1CN(C1CCC1)C2. The van der Waals surface area contributed by atoms with Gasteiger partial charge in [0, 0.05) is 43.6 Å². The molecular weight excluding hydrogens is 300 g/mol. The van der Waals surface area contributed by atoms with E-state index in [9.17, 15) is 4.79 Å². The number of likely N-dealkylation sites (tertiary alicyclic amines) is 1. The van der Waals surface area contributed by atoms with Gasteiger partial charge in [-0.25, -0.2) is 0 Å². The second-order valence-electron chi connectivity index (χ2n) is 7.81. The van der Waals surface area contributed by atoms with Crippen LogP contribution in [0.4, 0.5) is 0 Å². The predicted octanol–water partition coefficient (Wildman–Crippen LogP) is 2.91. The highest BCUT2D eigenvalue weighted by Crippen LogP contribution is 2.52. The van der Waals surface area contributed by atoms with Gasteiger partial charge in [-0.15, -0.1) is 0 Å². The minimum absolute atomic E-state index is 0.260. The number of methoxy groups -OCH3 is 1. The molecule has 0 unspecified atom stereocenters. The van der Waals surface area contributed by atoms with E-state index in [1.807, 2.05) is 19.2 Å². The smallest absolute Gasteiger partial charge is 0.248 e. The maximum Gasteiger partial charge on any atom is 0.248 e. The second kappa shape index (κ2) is 6.16. The Labute approximate surface area is 144 Å². The van der Waals surface area contributed by atoms with Gasteiger partial charge in [-0.3, -0.25) is 9.69 Å². The number of hydrogen-bond acceptors (Lipinski definition) is 3. The summed E-state index contributed by atoms with van der Waals surface area (Å²) in [7, 11) is 1.85. The molecular formula is C20H28N2O2. The molecule has 1 aromatic carbocycles. The molecule has 4 rings (SSSR count). The van der Waals surface area contributed by atoms with E-state index in [0.29, 0.717) is 17.4 Å². The lowest BCUT2D eigenvalue weighted by molar-refractivity contribution is -0.177. The third-order valence-electron chi connectivity index (χ3n) is 6.76. The minimum atomic E-state index is -0.361. The van der Waals surface area contributed by atoms with Gasteiger partial charge in [-0.05, 0) is 43.4 Å². The molecule has 2 N–H and O–H groups in total. The maximum atomic E-state index is 11.6. The molecule has 1 heterocycles. The Morgan fingerprint density at radius 2 is 1.83 bits per heavy atom. The second-order valence-corrected chi connectivity index (χ2v) is 7.81. The first-order valence-corrected chi connectivity index (χ1v) is 9.34. The number of fused-ring (bicyclic) bond motifs is 2. The Morgan fingerprint density at radius 1 is 1.17 bits per heavy atom. The molecule has 1 amide bonds. The number of piperidine rings is 1. The molecule has 0 radical (unpaired) electrons. The van der Waals surface area contributed by atoms with Crippen LogP contribution in [-0.4, -0.2) is 37.0 Å². The van der Waals surface area contributed by atoms with E-state index in [4.69, 9.17) is 10.5 Å². The average Bonchev–Trinajstić information content (AvgIpc) is 2.52. The summed E-state index contributed by atoms with van der Waals surface area (Å²) in [5.41, 5.74) is 6.98.